The van der Waals surface area contributed by atoms with Gasteiger partial charge >= 0.3 is 0 Å². The number of carbonyl (C=O) groups excluding carboxylic acids is 1. The highest BCUT2D eigenvalue weighted by molar-refractivity contribution is 5.79. The molecule has 4 heteroatoms. The maximum atomic E-state index is 12.3. The van der Waals surface area contributed by atoms with Gasteiger partial charge in [0.05, 0.1) is 12.9 Å². The van der Waals surface area contributed by atoms with Crippen LogP contribution >= 0.6 is 0 Å². The third-order valence-corrected chi connectivity index (χ3v) is 3.93. The highest BCUT2D eigenvalue weighted by atomic mass is 16.3. The van der Waals surface area contributed by atoms with Gasteiger partial charge in [-0.1, -0.05) is 13.8 Å². The molecule has 106 valence electrons. The van der Waals surface area contributed by atoms with Gasteiger partial charge in [-0.05, 0) is 43.2 Å². The zero-order valence-electron chi connectivity index (χ0n) is 11.6. The van der Waals surface area contributed by atoms with Crippen LogP contribution in [0.5, 0.6) is 0 Å². The van der Waals surface area contributed by atoms with Gasteiger partial charge in [-0.3, -0.25) is 4.79 Å². The van der Waals surface area contributed by atoms with Crippen molar-refractivity contribution in [1.29, 1.82) is 0 Å². The number of hydrogen-bond acceptors (Lipinski definition) is 3. The minimum absolute atomic E-state index is 0.0360. The van der Waals surface area contributed by atoms with Gasteiger partial charge in [0.15, 0.2) is 0 Å². The summed E-state index contributed by atoms with van der Waals surface area (Å²) in [5.74, 6) is 1.88. The number of nitrogens with one attached hydrogen (secondary N) is 1. The van der Waals surface area contributed by atoms with Crippen LogP contribution in [0, 0.1) is 17.8 Å². The van der Waals surface area contributed by atoms with Crippen molar-refractivity contribution in [3.05, 3.63) is 24.2 Å². The van der Waals surface area contributed by atoms with Gasteiger partial charge in [-0.2, -0.15) is 0 Å². The van der Waals surface area contributed by atoms with Gasteiger partial charge in [0.25, 0.3) is 0 Å². The van der Waals surface area contributed by atoms with Crippen LogP contribution in [-0.2, 0) is 4.79 Å². The normalized spacial score (nSPS) is 28.9. The molecular formula is C15H23NO3. The second kappa shape index (κ2) is 6.24. The third-order valence-electron chi connectivity index (χ3n) is 3.93. The number of aliphatic hydroxyl groups excluding tert-OH is 1. The Kier molecular flexibility index (Phi) is 4.64. The molecule has 4 nitrogen and oxygen atoms in total. The van der Waals surface area contributed by atoms with E-state index in [4.69, 9.17) is 4.42 Å². The first-order chi connectivity index (χ1) is 9.10. The lowest BCUT2D eigenvalue weighted by atomic mass is 9.76. The van der Waals surface area contributed by atoms with Crippen LogP contribution in [0.15, 0.2) is 22.8 Å². The number of carbonyl (C=O) groups is 1. The molecule has 0 aromatic carbocycles. The summed E-state index contributed by atoms with van der Waals surface area (Å²) in [6.07, 6.45) is 4.62. The molecule has 2 N–H and O–H groups in total. The molecule has 1 aliphatic carbocycles. The number of amides is 1. The molecule has 0 aliphatic heterocycles. The summed E-state index contributed by atoms with van der Waals surface area (Å²) in [6.45, 7) is 4.26. The fourth-order valence-electron chi connectivity index (χ4n) is 3.15. The van der Waals surface area contributed by atoms with Crippen molar-refractivity contribution in [2.24, 2.45) is 17.8 Å². The Morgan fingerprint density at radius 1 is 1.42 bits per heavy atom. The van der Waals surface area contributed by atoms with Crippen molar-refractivity contribution in [3.8, 4) is 0 Å². The molecule has 2 rings (SSSR count). The third kappa shape index (κ3) is 3.60. The lowest BCUT2D eigenvalue weighted by Crippen LogP contribution is -2.38. The molecule has 0 spiro atoms. The molecule has 3 atom stereocenters. The van der Waals surface area contributed by atoms with Crippen molar-refractivity contribution < 1.29 is 14.3 Å². The van der Waals surface area contributed by atoms with Crippen LogP contribution in [0.4, 0.5) is 0 Å². The first-order valence-electron chi connectivity index (χ1n) is 7.04. The topological polar surface area (TPSA) is 62.5 Å². The van der Waals surface area contributed by atoms with Crippen LogP contribution in [0.25, 0.3) is 0 Å². The van der Waals surface area contributed by atoms with Gasteiger partial charge in [0.2, 0.25) is 5.91 Å². The smallest absolute Gasteiger partial charge is 0.223 e. The molecule has 19 heavy (non-hydrogen) atoms. The molecule has 1 fully saturated rings. The molecule has 1 heterocycles. The maximum absolute atomic E-state index is 12.3. The van der Waals surface area contributed by atoms with Crippen molar-refractivity contribution in [1.82, 2.24) is 5.32 Å². The van der Waals surface area contributed by atoms with Crippen molar-refractivity contribution in [2.45, 2.75) is 39.2 Å². The van der Waals surface area contributed by atoms with Gasteiger partial charge in [-0.25, -0.2) is 0 Å². The lowest BCUT2D eigenvalue weighted by Gasteiger charge is -2.31. The average Bonchev–Trinajstić information content (AvgIpc) is 2.88. The average molecular weight is 265 g/mol. The van der Waals surface area contributed by atoms with E-state index < -0.39 is 6.04 Å². The van der Waals surface area contributed by atoms with E-state index >= 15 is 0 Å². The molecule has 0 saturated heterocycles. The molecule has 1 amide bonds. The Morgan fingerprint density at radius 2 is 2.11 bits per heavy atom. The molecule has 1 aromatic rings. The molecule has 0 radical (unpaired) electrons. The SMILES string of the molecule is CC1CC(C)CC(C(=O)NC(CO)c2ccco2)C1. The summed E-state index contributed by atoms with van der Waals surface area (Å²) in [6, 6.07) is 3.09. The van der Waals surface area contributed by atoms with Gasteiger partial charge in [-0.15, -0.1) is 0 Å². The fourth-order valence-corrected chi connectivity index (χ4v) is 3.15. The number of furan rings is 1. The van der Waals surface area contributed by atoms with E-state index in [1.54, 1.807) is 18.4 Å². The van der Waals surface area contributed by atoms with E-state index in [0.29, 0.717) is 17.6 Å². The van der Waals surface area contributed by atoms with E-state index in [-0.39, 0.29) is 18.4 Å². The Hall–Kier alpha value is -1.29. The number of aliphatic hydroxyl groups is 1. The maximum Gasteiger partial charge on any atom is 0.223 e. The predicted molar refractivity (Wildman–Crippen MR) is 72.3 cm³/mol. The Morgan fingerprint density at radius 3 is 2.63 bits per heavy atom. The zero-order valence-corrected chi connectivity index (χ0v) is 11.6. The van der Waals surface area contributed by atoms with E-state index in [1.165, 1.54) is 6.42 Å². The number of hydrogen-bond donors (Lipinski definition) is 2. The van der Waals surface area contributed by atoms with Gasteiger partial charge in [0, 0.05) is 5.92 Å². The van der Waals surface area contributed by atoms with E-state index in [9.17, 15) is 9.90 Å². The van der Waals surface area contributed by atoms with Crippen LogP contribution in [0.3, 0.4) is 0 Å². The minimum atomic E-state index is -0.435. The monoisotopic (exact) mass is 265 g/mol. The second-order valence-electron chi connectivity index (χ2n) is 5.87. The molecular weight excluding hydrogens is 242 g/mol. The van der Waals surface area contributed by atoms with E-state index in [0.717, 1.165) is 12.8 Å². The highest BCUT2D eigenvalue weighted by Gasteiger charge is 2.30. The number of rotatable bonds is 4. The predicted octanol–water partition coefficient (Wildman–Crippen LogP) is 2.50. The largest absolute Gasteiger partial charge is 0.467 e. The summed E-state index contributed by atoms with van der Waals surface area (Å²) in [5, 5.41) is 12.3. The lowest BCUT2D eigenvalue weighted by molar-refractivity contribution is -0.128. The van der Waals surface area contributed by atoms with Crippen molar-refractivity contribution in [2.75, 3.05) is 6.61 Å². The van der Waals surface area contributed by atoms with Crippen LogP contribution in [0.1, 0.15) is 44.9 Å². The van der Waals surface area contributed by atoms with Crippen molar-refractivity contribution >= 4 is 5.91 Å². The fraction of sp³-hybridized carbons (Fsp3) is 0.667. The summed E-state index contributed by atoms with van der Waals surface area (Å²) >= 11 is 0. The van der Waals surface area contributed by atoms with E-state index in [1.807, 2.05) is 0 Å². The summed E-state index contributed by atoms with van der Waals surface area (Å²) < 4.78 is 5.24. The quantitative estimate of drug-likeness (QED) is 0.879. The van der Waals surface area contributed by atoms with Gasteiger partial charge in [0.1, 0.15) is 11.8 Å². The standard InChI is InChI=1S/C15H23NO3/c1-10-6-11(2)8-12(7-10)15(18)16-13(9-17)14-4-3-5-19-14/h3-5,10-13,17H,6-9H2,1-2H3,(H,16,18). The highest BCUT2D eigenvalue weighted by Crippen LogP contribution is 2.33. The Bertz CT molecular complexity index is 392. The Labute approximate surface area is 114 Å². The molecule has 1 aliphatic rings. The summed E-state index contributed by atoms with van der Waals surface area (Å²) in [4.78, 5) is 12.3. The first kappa shape index (κ1) is 14.1. The molecule has 1 aromatic heterocycles. The van der Waals surface area contributed by atoms with E-state index in [2.05, 4.69) is 19.2 Å². The van der Waals surface area contributed by atoms with Crippen molar-refractivity contribution in [3.63, 3.8) is 0 Å². The van der Waals surface area contributed by atoms with Gasteiger partial charge < -0.3 is 14.8 Å². The minimum Gasteiger partial charge on any atom is -0.467 e. The van der Waals surface area contributed by atoms with Crippen LogP contribution < -0.4 is 5.32 Å². The first-order valence-corrected chi connectivity index (χ1v) is 7.04. The molecule has 3 unspecified atom stereocenters. The molecule has 1 saturated carbocycles. The second-order valence-corrected chi connectivity index (χ2v) is 5.87. The Balaban J connectivity index is 1.96. The van der Waals surface area contributed by atoms with Crippen LogP contribution in [-0.4, -0.2) is 17.6 Å². The summed E-state index contributed by atoms with van der Waals surface area (Å²) in [5.41, 5.74) is 0. The molecule has 0 bridgehead atoms. The summed E-state index contributed by atoms with van der Waals surface area (Å²) in [7, 11) is 0. The zero-order chi connectivity index (χ0) is 13.8. The van der Waals surface area contributed by atoms with Crippen LogP contribution in [0.2, 0.25) is 0 Å².